The van der Waals surface area contributed by atoms with E-state index in [-0.39, 0.29) is 6.61 Å². The summed E-state index contributed by atoms with van der Waals surface area (Å²) in [7, 11) is 0. The quantitative estimate of drug-likeness (QED) is 0.869. The molecule has 0 radical (unpaired) electrons. The molecule has 0 saturated carbocycles. The molecule has 1 aromatic rings. The van der Waals surface area contributed by atoms with Crippen molar-refractivity contribution in [1.82, 2.24) is 0 Å². The second-order valence-corrected chi connectivity index (χ2v) is 5.33. The summed E-state index contributed by atoms with van der Waals surface area (Å²) >= 11 is 0. The van der Waals surface area contributed by atoms with E-state index in [1.807, 2.05) is 6.07 Å². The van der Waals surface area contributed by atoms with E-state index >= 15 is 0 Å². The summed E-state index contributed by atoms with van der Waals surface area (Å²) in [5.74, 6) is 0. The second-order valence-electron chi connectivity index (χ2n) is 5.33. The Labute approximate surface area is 122 Å². The normalized spacial score (nSPS) is 28.3. The van der Waals surface area contributed by atoms with Crippen LogP contribution in [0.3, 0.4) is 0 Å². The molecule has 0 bridgehead atoms. The van der Waals surface area contributed by atoms with Crippen molar-refractivity contribution in [2.45, 2.75) is 38.5 Å². The molecular weight excluding hydrogens is 277 g/mol. The van der Waals surface area contributed by atoms with Gasteiger partial charge in [-0.1, -0.05) is 30.3 Å². The zero-order valence-electron chi connectivity index (χ0n) is 11.9. The molecule has 21 heavy (non-hydrogen) atoms. The van der Waals surface area contributed by atoms with Gasteiger partial charge in [-0.2, -0.15) is 9.59 Å². The highest BCUT2D eigenvalue weighted by molar-refractivity contribution is 5.76. The molecule has 0 aliphatic carbocycles. The van der Waals surface area contributed by atoms with Crippen molar-refractivity contribution >= 4 is 12.2 Å². The predicted molar refractivity (Wildman–Crippen MR) is 73.4 cm³/mol. The summed E-state index contributed by atoms with van der Waals surface area (Å²) in [5.41, 5.74) is 0.762. The monoisotopic (exact) mass is 296 g/mol. The van der Waals surface area contributed by atoms with Crippen LogP contribution in [0.5, 0.6) is 0 Å². The third kappa shape index (κ3) is 2.63. The fraction of sp³-hybridized carbons (Fsp3) is 0.467. The maximum atomic E-state index is 13.2. The number of halogens is 1. The maximum Gasteiger partial charge on any atom is 0.527 e. The summed E-state index contributed by atoms with van der Waals surface area (Å²) in [6.07, 6.45) is -1.38. The molecule has 0 spiro atoms. The van der Waals surface area contributed by atoms with E-state index in [1.54, 1.807) is 31.2 Å². The topological polar surface area (TPSA) is 63.6 Å². The first-order chi connectivity index (χ1) is 10.0. The molecule has 2 unspecified atom stereocenters. The Morgan fingerprint density at radius 3 is 2.57 bits per heavy atom. The summed E-state index contributed by atoms with van der Waals surface area (Å²) in [6, 6.07) is 7.61. The Morgan fingerprint density at radius 2 is 2.00 bits per heavy atom. The zero-order valence-corrected chi connectivity index (χ0v) is 11.9. The molecule has 1 heterocycles. The van der Waals surface area contributed by atoms with Gasteiger partial charge in [-0.25, -0.2) is 4.39 Å². The average Bonchev–Trinajstić information content (AvgIpc) is 2.83. The van der Waals surface area contributed by atoms with Crippen LogP contribution in [0, 0.1) is 0 Å². The number of hydrogen-bond acceptors (Lipinski definition) is 3. The molecular formula is C15H19FNO4+. The number of hydrogen-bond donors (Lipinski definition) is 1. The Bertz CT molecular complexity index is 522. The van der Waals surface area contributed by atoms with Gasteiger partial charge in [-0.05, 0) is 12.5 Å². The minimum Gasteiger partial charge on any atom is -0.435 e. The number of quaternary nitrogens is 1. The largest absolute Gasteiger partial charge is 0.527 e. The minimum absolute atomic E-state index is 0.0152. The third-order valence-electron chi connectivity index (χ3n) is 4.19. The number of imide groups is 1. The number of alkyl halides is 1. The number of carboxylic acid groups (broad SMARTS) is 1. The average molecular weight is 296 g/mol. The highest BCUT2D eigenvalue weighted by Gasteiger charge is 2.61. The van der Waals surface area contributed by atoms with Gasteiger partial charge in [0, 0.05) is 12.8 Å². The lowest BCUT2D eigenvalue weighted by molar-refractivity contribution is -0.820. The van der Waals surface area contributed by atoms with Crippen LogP contribution in [-0.2, 0) is 11.3 Å². The van der Waals surface area contributed by atoms with Crippen LogP contribution in [0.15, 0.2) is 30.3 Å². The Kier molecular flexibility index (Phi) is 4.57. The molecule has 114 valence electrons. The van der Waals surface area contributed by atoms with Gasteiger partial charge >= 0.3 is 12.2 Å². The first kappa shape index (κ1) is 15.4. The molecule has 2 rings (SSSR count). The Balaban J connectivity index is 2.18. The number of carbonyl (C=O) groups is 2. The standard InChI is InChI=1S/C15H18FNO4/c1-11-7-8-13(9-16)17(11,14(18)19)15(20)21-10-12-5-3-2-4-6-12/h2-6,11,13H,7-10H2,1H3/p+1/t11?,13-,17?/m0/s1. The lowest BCUT2D eigenvalue weighted by atomic mass is 10.2. The van der Waals surface area contributed by atoms with Gasteiger partial charge in [0.2, 0.25) is 0 Å². The number of benzene rings is 1. The van der Waals surface area contributed by atoms with Crippen LogP contribution >= 0.6 is 0 Å². The van der Waals surface area contributed by atoms with Crippen LogP contribution in [0.4, 0.5) is 14.0 Å². The summed E-state index contributed by atoms with van der Waals surface area (Å²) in [5, 5.41) is 9.51. The molecule has 2 amide bonds. The van der Waals surface area contributed by atoms with Gasteiger partial charge in [-0.3, -0.25) is 0 Å². The number of amides is 2. The van der Waals surface area contributed by atoms with E-state index in [4.69, 9.17) is 4.74 Å². The lowest BCUT2D eigenvalue weighted by Crippen LogP contribution is -2.63. The molecule has 1 aliphatic rings. The molecule has 5 nitrogen and oxygen atoms in total. The first-order valence-electron chi connectivity index (χ1n) is 6.92. The Morgan fingerprint density at radius 1 is 1.33 bits per heavy atom. The molecule has 1 fully saturated rings. The van der Waals surface area contributed by atoms with Gasteiger partial charge in [0.15, 0.2) is 0 Å². The molecule has 1 saturated heterocycles. The van der Waals surface area contributed by atoms with Gasteiger partial charge in [0.1, 0.15) is 25.4 Å². The minimum atomic E-state index is -1.35. The number of ether oxygens (including phenoxy) is 1. The van der Waals surface area contributed by atoms with E-state index < -0.39 is 35.4 Å². The molecule has 1 aromatic carbocycles. The van der Waals surface area contributed by atoms with Crippen molar-refractivity contribution in [3.63, 3.8) is 0 Å². The van der Waals surface area contributed by atoms with Gasteiger partial charge in [0.05, 0.1) is 0 Å². The number of nitrogens with zero attached hydrogens (tertiary/aromatic N) is 1. The van der Waals surface area contributed by atoms with E-state index in [2.05, 4.69) is 0 Å². The van der Waals surface area contributed by atoms with Crippen molar-refractivity contribution in [2.75, 3.05) is 6.67 Å². The molecule has 3 atom stereocenters. The van der Waals surface area contributed by atoms with Crippen molar-refractivity contribution in [2.24, 2.45) is 0 Å². The second kappa shape index (κ2) is 6.22. The van der Waals surface area contributed by atoms with Crippen molar-refractivity contribution in [3.05, 3.63) is 35.9 Å². The maximum absolute atomic E-state index is 13.2. The van der Waals surface area contributed by atoms with E-state index in [0.717, 1.165) is 5.56 Å². The van der Waals surface area contributed by atoms with E-state index in [1.165, 1.54) is 0 Å². The highest BCUT2D eigenvalue weighted by atomic mass is 19.1. The Hall–Kier alpha value is -1.95. The first-order valence-corrected chi connectivity index (χ1v) is 6.92. The fourth-order valence-electron chi connectivity index (χ4n) is 2.96. The van der Waals surface area contributed by atoms with Crippen LogP contribution < -0.4 is 0 Å². The smallest absolute Gasteiger partial charge is 0.435 e. The molecule has 6 heteroatoms. The zero-order chi connectivity index (χ0) is 15.5. The molecule has 1 N–H and O–H groups in total. The fourth-order valence-corrected chi connectivity index (χ4v) is 2.96. The van der Waals surface area contributed by atoms with Crippen LogP contribution in [-0.4, -0.2) is 40.5 Å². The molecule has 0 aromatic heterocycles. The van der Waals surface area contributed by atoms with Crippen LogP contribution in [0.25, 0.3) is 0 Å². The SMILES string of the molecule is CC1CC[C@@H](CF)[N+]1(C(=O)O)C(=O)OCc1ccccc1. The summed E-state index contributed by atoms with van der Waals surface area (Å²) in [6.45, 7) is 0.781. The van der Waals surface area contributed by atoms with E-state index in [0.29, 0.717) is 12.8 Å². The van der Waals surface area contributed by atoms with Crippen LogP contribution in [0.2, 0.25) is 0 Å². The highest BCUT2D eigenvalue weighted by Crippen LogP contribution is 2.35. The van der Waals surface area contributed by atoms with Crippen LogP contribution in [0.1, 0.15) is 25.3 Å². The van der Waals surface area contributed by atoms with Gasteiger partial charge < -0.3 is 9.84 Å². The van der Waals surface area contributed by atoms with Crippen molar-refractivity contribution in [1.29, 1.82) is 0 Å². The number of carbonyl (C=O) groups excluding carboxylic acids is 1. The lowest BCUT2D eigenvalue weighted by Gasteiger charge is -2.32. The van der Waals surface area contributed by atoms with Gasteiger partial charge in [-0.15, -0.1) is 4.48 Å². The summed E-state index contributed by atoms with van der Waals surface area (Å²) in [4.78, 5) is 24.0. The predicted octanol–water partition coefficient (Wildman–Crippen LogP) is 3.34. The van der Waals surface area contributed by atoms with E-state index in [9.17, 15) is 19.1 Å². The van der Waals surface area contributed by atoms with Gasteiger partial charge in [0.25, 0.3) is 0 Å². The van der Waals surface area contributed by atoms with Crippen molar-refractivity contribution in [3.8, 4) is 0 Å². The third-order valence-corrected chi connectivity index (χ3v) is 4.19. The summed E-state index contributed by atoms with van der Waals surface area (Å²) < 4.78 is 17.4. The molecule has 1 aliphatic heterocycles. The number of rotatable bonds is 3. The number of likely N-dealkylation sites (tertiary alicyclic amines) is 1. The van der Waals surface area contributed by atoms with Crippen molar-refractivity contribution < 1.29 is 28.3 Å².